The van der Waals surface area contributed by atoms with Crippen LogP contribution < -0.4 is 5.73 Å². The molecule has 2 atom stereocenters. The van der Waals surface area contributed by atoms with Gasteiger partial charge < -0.3 is 15.9 Å². The third-order valence-electron chi connectivity index (χ3n) is 2.63. The standard InChI is InChI=1S/C11H17NO2.ClH/c1-3-7(2)11(12)9-6-8(13)4-5-10(9)14;/h4-7,11,13-14H,3,12H2,1-2H3;1H/t7?,11-;/m0./s1. The summed E-state index contributed by atoms with van der Waals surface area (Å²) in [6.45, 7) is 4.07. The van der Waals surface area contributed by atoms with Crippen molar-refractivity contribution < 1.29 is 10.2 Å². The summed E-state index contributed by atoms with van der Waals surface area (Å²) in [5, 5.41) is 18.8. The number of rotatable bonds is 3. The van der Waals surface area contributed by atoms with Gasteiger partial charge in [0.25, 0.3) is 0 Å². The lowest BCUT2D eigenvalue weighted by Crippen LogP contribution is -2.18. The van der Waals surface area contributed by atoms with Gasteiger partial charge in [0, 0.05) is 11.6 Å². The molecule has 0 amide bonds. The summed E-state index contributed by atoms with van der Waals surface area (Å²) >= 11 is 0. The topological polar surface area (TPSA) is 66.5 Å². The molecule has 3 nitrogen and oxygen atoms in total. The molecule has 0 spiro atoms. The average Bonchev–Trinajstić information content (AvgIpc) is 2.19. The molecule has 0 saturated heterocycles. The molecule has 0 bridgehead atoms. The van der Waals surface area contributed by atoms with Gasteiger partial charge >= 0.3 is 0 Å². The molecule has 0 fully saturated rings. The second kappa shape index (κ2) is 5.83. The number of benzene rings is 1. The third kappa shape index (κ3) is 3.29. The molecule has 4 heteroatoms. The van der Waals surface area contributed by atoms with Crippen LogP contribution in [-0.2, 0) is 0 Å². The van der Waals surface area contributed by atoms with Crippen LogP contribution in [0.5, 0.6) is 11.5 Å². The predicted molar refractivity (Wildman–Crippen MR) is 63.4 cm³/mol. The number of phenols is 2. The smallest absolute Gasteiger partial charge is 0.120 e. The monoisotopic (exact) mass is 231 g/mol. The first kappa shape index (κ1) is 14.1. The van der Waals surface area contributed by atoms with Crippen molar-refractivity contribution in [3.05, 3.63) is 23.8 Å². The number of nitrogens with two attached hydrogens (primary N) is 1. The molecule has 0 aliphatic rings. The molecule has 4 N–H and O–H groups in total. The number of phenolic OH excluding ortho intramolecular Hbond substituents is 2. The van der Waals surface area contributed by atoms with Crippen LogP contribution in [0, 0.1) is 5.92 Å². The number of halogens is 1. The molecule has 1 rings (SSSR count). The summed E-state index contributed by atoms with van der Waals surface area (Å²) in [6.07, 6.45) is 0.941. The lowest BCUT2D eigenvalue weighted by atomic mass is 9.92. The van der Waals surface area contributed by atoms with E-state index in [0.717, 1.165) is 6.42 Å². The highest BCUT2D eigenvalue weighted by Crippen LogP contribution is 2.31. The van der Waals surface area contributed by atoms with Crippen LogP contribution in [0.1, 0.15) is 31.9 Å². The second-order valence-corrected chi connectivity index (χ2v) is 3.65. The minimum Gasteiger partial charge on any atom is -0.508 e. The quantitative estimate of drug-likeness (QED) is 0.701. The van der Waals surface area contributed by atoms with E-state index in [1.807, 2.05) is 13.8 Å². The van der Waals surface area contributed by atoms with Crippen molar-refractivity contribution in [3.8, 4) is 11.5 Å². The van der Waals surface area contributed by atoms with Crippen LogP contribution >= 0.6 is 12.4 Å². The SMILES string of the molecule is CCC(C)[C@H](N)c1cc(O)ccc1O.Cl. The molecule has 0 aliphatic carbocycles. The van der Waals surface area contributed by atoms with Gasteiger partial charge in [-0.05, 0) is 24.1 Å². The van der Waals surface area contributed by atoms with Crippen molar-refractivity contribution in [2.45, 2.75) is 26.3 Å². The first-order valence-corrected chi connectivity index (χ1v) is 4.83. The van der Waals surface area contributed by atoms with E-state index in [0.29, 0.717) is 5.56 Å². The van der Waals surface area contributed by atoms with E-state index >= 15 is 0 Å². The number of hydrogen-bond acceptors (Lipinski definition) is 3. The van der Waals surface area contributed by atoms with Crippen LogP contribution in [0.15, 0.2) is 18.2 Å². The molecule has 86 valence electrons. The highest BCUT2D eigenvalue weighted by molar-refractivity contribution is 5.85. The molecule has 1 aromatic rings. The summed E-state index contributed by atoms with van der Waals surface area (Å²) in [4.78, 5) is 0. The van der Waals surface area contributed by atoms with Gasteiger partial charge in [0.15, 0.2) is 0 Å². The highest BCUT2D eigenvalue weighted by atomic mass is 35.5. The predicted octanol–water partition coefficient (Wildman–Crippen LogP) is 2.57. The van der Waals surface area contributed by atoms with E-state index in [4.69, 9.17) is 5.73 Å². The maximum atomic E-state index is 9.56. The summed E-state index contributed by atoms with van der Waals surface area (Å²) in [5.74, 6) is 0.565. The van der Waals surface area contributed by atoms with Gasteiger partial charge in [0.1, 0.15) is 11.5 Å². The molecule has 1 unspecified atom stereocenters. The minimum atomic E-state index is -0.230. The van der Waals surface area contributed by atoms with Crippen molar-refractivity contribution in [1.82, 2.24) is 0 Å². The van der Waals surface area contributed by atoms with Crippen LogP contribution in [0.4, 0.5) is 0 Å². The largest absolute Gasteiger partial charge is 0.508 e. The molecule has 15 heavy (non-hydrogen) atoms. The molecule has 1 aromatic carbocycles. The van der Waals surface area contributed by atoms with Gasteiger partial charge in [-0.1, -0.05) is 20.3 Å². The Bertz CT molecular complexity index is 317. The van der Waals surface area contributed by atoms with Crippen molar-refractivity contribution in [2.24, 2.45) is 11.7 Å². The lowest BCUT2D eigenvalue weighted by Gasteiger charge is -2.19. The normalized spacial score (nSPS) is 14.1. The zero-order valence-corrected chi connectivity index (χ0v) is 9.79. The van der Waals surface area contributed by atoms with E-state index in [1.54, 1.807) is 0 Å². The Morgan fingerprint density at radius 3 is 2.47 bits per heavy atom. The minimum absolute atomic E-state index is 0. The highest BCUT2D eigenvalue weighted by Gasteiger charge is 2.16. The fourth-order valence-corrected chi connectivity index (χ4v) is 1.37. The zero-order chi connectivity index (χ0) is 10.7. The molecule has 0 saturated carbocycles. The Kier molecular flexibility index (Phi) is 5.47. The molecule has 0 aromatic heterocycles. The fourth-order valence-electron chi connectivity index (χ4n) is 1.37. The summed E-state index contributed by atoms with van der Waals surface area (Å²) < 4.78 is 0. The molecule has 0 radical (unpaired) electrons. The van der Waals surface area contributed by atoms with Crippen molar-refractivity contribution >= 4 is 12.4 Å². The van der Waals surface area contributed by atoms with Crippen LogP contribution in [0.2, 0.25) is 0 Å². The molecular weight excluding hydrogens is 214 g/mol. The Balaban J connectivity index is 0.00000196. The average molecular weight is 232 g/mol. The Morgan fingerprint density at radius 2 is 1.93 bits per heavy atom. The first-order chi connectivity index (χ1) is 6.56. The Hall–Kier alpha value is -0.930. The number of aromatic hydroxyl groups is 2. The van der Waals surface area contributed by atoms with Gasteiger partial charge in [-0.25, -0.2) is 0 Å². The first-order valence-electron chi connectivity index (χ1n) is 4.83. The van der Waals surface area contributed by atoms with Gasteiger partial charge in [-0.3, -0.25) is 0 Å². The van der Waals surface area contributed by atoms with Gasteiger partial charge in [0.05, 0.1) is 0 Å². The zero-order valence-electron chi connectivity index (χ0n) is 8.97. The maximum absolute atomic E-state index is 9.56. The van der Waals surface area contributed by atoms with Crippen LogP contribution in [0.3, 0.4) is 0 Å². The fraction of sp³-hybridized carbons (Fsp3) is 0.455. The Morgan fingerprint density at radius 1 is 1.33 bits per heavy atom. The van der Waals surface area contributed by atoms with Gasteiger partial charge in [0.2, 0.25) is 0 Å². The third-order valence-corrected chi connectivity index (χ3v) is 2.63. The van der Waals surface area contributed by atoms with E-state index in [-0.39, 0.29) is 35.9 Å². The van der Waals surface area contributed by atoms with E-state index in [1.165, 1.54) is 18.2 Å². The van der Waals surface area contributed by atoms with Gasteiger partial charge in [-0.2, -0.15) is 0 Å². The van der Waals surface area contributed by atoms with Crippen molar-refractivity contribution in [3.63, 3.8) is 0 Å². The Labute approximate surface area is 96.3 Å². The van der Waals surface area contributed by atoms with Crippen LogP contribution in [0.25, 0.3) is 0 Å². The van der Waals surface area contributed by atoms with E-state index in [2.05, 4.69) is 0 Å². The van der Waals surface area contributed by atoms with E-state index in [9.17, 15) is 10.2 Å². The molecular formula is C11H18ClNO2. The second-order valence-electron chi connectivity index (χ2n) is 3.65. The van der Waals surface area contributed by atoms with Gasteiger partial charge in [-0.15, -0.1) is 12.4 Å². The molecule has 0 heterocycles. The lowest BCUT2D eigenvalue weighted by molar-refractivity contribution is 0.413. The van der Waals surface area contributed by atoms with E-state index < -0.39 is 0 Å². The summed E-state index contributed by atoms with van der Waals surface area (Å²) in [6, 6.07) is 4.20. The maximum Gasteiger partial charge on any atom is 0.120 e. The summed E-state index contributed by atoms with van der Waals surface area (Å²) in [7, 11) is 0. The summed E-state index contributed by atoms with van der Waals surface area (Å²) in [5.41, 5.74) is 6.56. The van der Waals surface area contributed by atoms with Crippen molar-refractivity contribution in [2.75, 3.05) is 0 Å². The molecule has 0 aliphatic heterocycles. The van der Waals surface area contributed by atoms with Crippen molar-refractivity contribution in [1.29, 1.82) is 0 Å². The number of hydrogen-bond donors (Lipinski definition) is 3. The van der Waals surface area contributed by atoms with Crippen LogP contribution in [-0.4, -0.2) is 10.2 Å².